The first-order chi connectivity index (χ1) is 15.4. The van der Waals surface area contributed by atoms with Crippen LogP contribution in [-0.2, 0) is 21.8 Å². The molecule has 32 heavy (non-hydrogen) atoms. The molecule has 2 aromatic heterocycles. The summed E-state index contributed by atoms with van der Waals surface area (Å²) in [5.74, 6) is 1.30. The van der Waals surface area contributed by atoms with Gasteiger partial charge in [0.25, 0.3) is 0 Å². The molecule has 1 N–H and O–H groups in total. The van der Waals surface area contributed by atoms with Crippen molar-refractivity contribution in [2.24, 2.45) is 0 Å². The summed E-state index contributed by atoms with van der Waals surface area (Å²) in [6.07, 6.45) is 7.91. The summed E-state index contributed by atoms with van der Waals surface area (Å²) in [5, 5.41) is 3.33. The first kappa shape index (κ1) is 21.2. The molecule has 166 valence electrons. The minimum atomic E-state index is -0.979. The Labute approximate surface area is 192 Å². The van der Waals surface area contributed by atoms with Crippen molar-refractivity contribution >= 4 is 22.4 Å². The molecular weight excluding hydrogens is 418 g/mol. The molecule has 5 rings (SSSR count). The van der Waals surface area contributed by atoms with Gasteiger partial charge in [-0.3, -0.25) is 9.19 Å². The van der Waals surface area contributed by atoms with E-state index >= 15 is 0 Å². The summed E-state index contributed by atoms with van der Waals surface area (Å²) < 4.78 is 12.4. The van der Waals surface area contributed by atoms with Crippen molar-refractivity contribution < 1.29 is 4.21 Å². The van der Waals surface area contributed by atoms with Crippen LogP contribution < -0.4 is 10.2 Å². The highest BCUT2D eigenvalue weighted by Crippen LogP contribution is 2.57. The van der Waals surface area contributed by atoms with Crippen LogP contribution in [0.1, 0.15) is 44.7 Å². The molecular formula is C25H29N5OS. The average Bonchev–Trinajstić information content (AvgIpc) is 3.55. The molecule has 0 saturated heterocycles. The second-order valence-electron chi connectivity index (χ2n) is 9.26. The second-order valence-corrected chi connectivity index (χ2v) is 11.0. The van der Waals surface area contributed by atoms with Crippen molar-refractivity contribution in [1.82, 2.24) is 20.3 Å². The predicted octanol–water partition coefficient (Wildman–Crippen LogP) is 4.30. The van der Waals surface area contributed by atoms with Gasteiger partial charge in [-0.2, -0.15) is 0 Å². The summed E-state index contributed by atoms with van der Waals surface area (Å²) >= 11 is 0. The Hall–Kier alpha value is -2.64. The highest BCUT2D eigenvalue weighted by Gasteiger charge is 2.52. The molecule has 6 nitrogen and oxygen atoms in total. The number of aromatic nitrogens is 3. The van der Waals surface area contributed by atoms with Crippen molar-refractivity contribution in [3.8, 4) is 11.3 Å². The number of hydrogen-bond donors (Lipinski definition) is 1. The monoisotopic (exact) mass is 447 g/mol. The van der Waals surface area contributed by atoms with Crippen molar-refractivity contribution in [2.75, 3.05) is 24.2 Å². The van der Waals surface area contributed by atoms with Gasteiger partial charge in [-0.1, -0.05) is 13.0 Å². The van der Waals surface area contributed by atoms with Crippen LogP contribution in [0.3, 0.4) is 0 Å². The molecule has 7 heteroatoms. The molecule has 0 radical (unpaired) electrons. The fourth-order valence-corrected chi connectivity index (χ4v) is 5.23. The second kappa shape index (κ2) is 7.74. The maximum atomic E-state index is 12.4. The molecule has 1 atom stereocenters. The molecule has 1 aliphatic carbocycles. The molecule has 1 unspecified atom stereocenters. The van der Waals surface area contributed by atoms with Gasteiger partial charge in [-0.25, -0.2) is 9.97 Å². The number of benzene rings is 1. The van der Waals surface area contributed by atoms with Gasteiger partial charge in [-0.05, 0) is 69.1 Å². The fraction of sp³-hybridized carbons (Fsp3) is 0.400. The largest absolute Gasteiger partial charge is 0.311 e. The van der Waals surface area contributed by atoms with E-state index in [-0.39, 0.29) is 11.0 Å². The summed E-state index contributed by atoms with van der Waals surface area (Å²) in [6, 6.07) is 10.4. The van der Waals surface area contributed by atoms with Gasteiger partial charge in [0, 0.05) is 58.0 Å². The molecule has 3 heterocycles. The Morgan fingerprint density at radius 1 is 1.12 bits per heavy atom. The Balaban J connectivity index is 1.47. The van der Waals surface area contributed by atoms with Crippen LogP contribution in [0, 0.1) is 0 Å². The average molecular weight is 448 g/mol. The van der Waals surface area contributed by atoms with Crippen LogP contribution in [0.25, 0.3) is 11.3 Å². The zero-order valence-corrected chi connectivity index (χ0v) is 19.9. The molecule has 0 bridgehead atoms. The summed E-state index contributed by atoms with van der Waals surface area (Å²) in [5.41, 5.74) is 5.42. The summed E-state index contributed by atoms with van der Waals surface area (Å²) in [4.78, 5) is 17.0. The standard InChI is InChI=1S/C25H29N5OS/c1-5-32(31)19-6-7-20-22(13-19)30(16-25(20)9-10-25)23-28-14-17(15-29-23)21-12-18(8-11-27-21)24(2,3)26-4/h6-8,11-15,26H,5,9-10,16H2,1-4H3. The molecule has 1 spiro atoms. The maximum Gasteiger partial charge on any atom is 0.229 e. The van der Waals surface area contributed by atoms with E-state index in [1.807, 2.05) is 44.7 Å². The molecule has 0 amide bonds. The van der Waals surface area contributed by atoms with Crippen molar-refractivity contribution in [3.63, 3.8) is 0 Å². The van der Waals surface area contributed by atoms with E-state index in [0.29, 0.717) is 11.7 Å². The fourth-order valence-electron chi connectivity index (χ4n) is 4.44. The topological polar surface area (TPSA) is 71.0 Å². The number of anilines is 2. The van der Waals surface area contributed by atoms with Gasteiger partial charge in [0.05, 0.1) is 16.5 Å². The van der Waals surface area contributed by atoms with E-state index in [0.717, 1.165) is 33.9 Å². The lowest BCUT2D eigenvalue weighted by molar-refractivity contribution is 0.444. The van der Waals surface area contributed by atoms with Crippen molar-refractivity contribution in [3.05, 3.63) is 60.0 Å². The third-order valence-electron chi connectivity index (χ3n) is 6.95. The van der Waals surface area contributed by atoms with E-state index in [4.69, 9.17) is 9.97 Å². The quantitative estimate of drug-likeness (QED) is 0.607. The predicted molar refractivity (Wildman–Crippen MR) is 129 cm³/mol. The normalized spacial score (nSPS) is 17.4. The summed E-state index contributed by atoms with van der Waals surface area (Å²) in [7, 11) is 0.980. The van der Waals surface area contributed by atoms with Gasteiger partial charge in [-0.15, -0.1) is 0 Å². The van der Waals surface area contributed by atoms with E-state index in [1.165, 1.54) is 18.4 Å². The van der Waals surface area contributed by atoms with Gasteiger partial charge < -0.3 is 10.2 Å². The molecule has 1 aliphatic heterocycles. The highest BCUT2D eigenvalue weighted by molar-refractivity contribution is 7.85. The molecule has 3 aromatic rings. The van der Waals surface area contributed by atoms with Gasteiger partial charge >= 0.3 is 0 Å². The zero-order valence-electron chi connectivity index (χ0n) is 19.1. The molecule has 1 fully saturated rings. The van der Waals surface area contributed by atoms with Crippen LogP contribution in [0.15, 0.2) is 53.8 Å². The Kier molecular flexibility index (Phi) is 5.13. The summed E-state index contributed by atoms with van der Waals surface area (Å²) in [6.45, 7) is 7.12. The number of pyridine rings is 1. The SMILES string of the molecule is CCS(=O)c1ccc2c(c1)N(c1ncc(-c3cc(C(C)(C)NC)ccn3)cn1)CC21CC1. The van der Waals surface area contributed by atoms with Crippen LogP contribution in [0.4, 0.5) is 11.6 Å². The van der Waals surface area contributed by atoms with Crippen LogP contribution in [0.5, 0.6) is 0 Å². The van der Waals surface area contributed by atoms with E-state index < -0.39 is 10.8 Å². The number of rotatable bonds is 6. The number of nitrogens with one attached hydrogen (secondary N) is 1. The first-order valence-electron chi connectivity index (χ1n) is 11.2. The van der Waals surface area contributed by atoms with Crippen molar-refractivity contribution in [1.29, 1.82) is 0 Å². The van der Waals surface area contributed by atoms with Crippen LogP contribution in [-0.4, -0.2) is 38.5 Å². The lowest BCUT2D eigenvalue weighted by atomic mass is 9.94. The van der Waals surface area contributed by atoms with Gasteiger partial charge in [0.1, 0.15) is 0 Å². The Morgan fingerprint density at radius 3 is 2.53 bits per heavy atom. The van der Waals surface area contributed by atoms with Crippen LogP contribution >= 0.6 is 0 Å². The number of fused-ring (bicyclic) bond motifs is 2. The minimum absolute atomic E-state index is 0.146. The lowest BCUT2D eigenvalue weighted by Gasteiger charge is -2.25. The molecule has 1 aromatic carbocycles. The smallest absolute Gasteiger partial charge is 0.229 e. The number of hydrogen-bond acceptors (Lipinski definition) is 6. The third-order valence-corrected chi connectivity index (χ3v) is 8.26. The van der Waals surface area contributed by atoms with Gasteiger partial charge in [0.2, 0.25) is 5.95 Å². The highest BCUT2D eigenvalue weighted by atomic mass is 32.2. The lowest BCUT2D eigenvalue weighted by Crippen LogP contribution is -2.33. The van der Waals surface area contributed by atoms with Crippen LogP contribution in [0.2, 0.25) is 0 Å². The Bertz CT molecular complexity index is 1190. The van der Waals surface area contributed by atoms with E-state index in [2.05, 4.69) is 47.2 Å². The molecule has 2 aliphatic rings. The first-order valence-corrected chi connectivity index (χ1v) is 12.5. The maximum absolute atomic E-state index is 12.4. The minimum Gasteiger partial charge on any atom is -0.311 e. The van der Waals surface area contributed by atoms with E-state index in [1.54, 1.807) is 0 Å². The van der Waals surface area contributed by atoms with Gasteiger partial charge in [0.15, 0.2) is 0 Å². The number of nitrogens with zero attached hydrogens (tertiary/aromatic N) is 4. The molecule has 1 saturated carbocycles. The van der Waals surface area contributed by atoms with Crippen molar-refractivity contribution in [2.45, 2.75) is 49.5 Å². The third kappa shape index (κ3) is 3.53. The van der Waals surface area contributed by atoms with E-state index in [9.17, 15) is 4.21 Å². The Morgan fingerprint density at radius 2 is 1.88 bits per heavy atom. The zero-order chi connectivity index (χ0) is 22.5.